The van der Waals surface area contributed by atoms with Crippen molar-refractivity contribution in [3.63, 3.8) is 0 Å². The van der Waals surface area contributed by atoms with Crippen molar-refractivity contribution in [2.24, 2.45) is 0 Å². The van der Waals surface area contributed by atoms with E-state index in [-0.39, 0.29) is 6.61 Å². The number of ether oxygens (including phenoxy) is 2. The predicted molar refractivity (Wildman–Crippen MR) is 132 cm³/mol. The summed E-state index contributed by atoms with van der Waals surface area (Å²) in [5, 5.41) is 0. The van der Waals surface area contributed by atoms with Gasteiger partial charge in [-0.15, -0.1) is 0 Å². The SMILES string of the molecule is CCCCCCCCCCCCCCCCSCC(COP(=O)(O)O)(OCC)OCC. The molecule has 0 fully saturated rings. The molecule has 0 aromatic rings. The summed E-state index contributed by atoms with van der Waals surface area (Å²) in [5.74, 6) is 0.369. The maximum absolute atomic E-state index is 11.1. The van der Waals surface area contributed by atoms with Gasteiger partial charge in [0, 0.05) is 13.2 Å². The summed E-state index contributed by atoms with van der Waals surface area (Å²) in [7, 11) is -4.55. The molecule has 0 saturated carbocycles. The molecule has 0 aromatic carbocycles. The molecule has 8 heteroatoms. The Labute approximate surface area is 195 Å². The van der Waals surface area contributed by atoms with Crippen LogP contribution in [0.1, 0.15) is 111 Å². The molecule has 0 rings (SSSR count). The van der Waals surface area contributed by atoms with E-state index in [2.05, 4.69) is 11.4 Å². The Morgan fingerprint density at radius 2 is 1.13 bits per heavy atom. The molecule has 0 saturated heterocycles. The molecule has 0 aliphatic heterocycles. The second-order valence-electron chi connectivity index (χ2n) is 8.19. The van der Waals surface area contributed by atoms with Gasteiger partial charge in [-0.3, -0.25) is 4.52 Å². The Morgan fingerprint density at radius 1 is 0.710 bits per heavy atom. The van der Waals surface area contributed by atoms with Crippen LogP contribution in [0.25, 0.3) is 0 Å². The highest BCUT2D eigenvalue weighted by molar-refractivity contribution is 7.99. The Morgan fingerprint density at radius 3 is 1.52 bits per heavy atom. The first-order valence-electron chi connectivity index (χ1n) is 12.4. The molecule has 31 heavy (non-hydrogen) atoms. The van der Waals surface area contributed by atoms with Gasteiger partial charge in [0.2, 0.25) is 5.79 Å². The molecule has 0 unspecified atom stereocenters. The van der Waals surface area contributed by atoms with Gasteiger partial charge >= 0.3 is 7.82 Å². The number of thioether (sulfide) groups is 1. The highest BCUT2D eigenvalue weighted by Crippen LogP contribution is 2.38. The first kappa shape index (κ1) is 31.4. The molecule has 6 nitrogen and oxygen atoms in total. The van der Waals surface area contributed by atoms with Crippen LogP contribution in [-0.4, -0.2) is 46.9 Å². The average Bonchev–Trinajstić information content (AvgIpc) is 2.72. The van der Waals surface area contributed by atoms with Crippen LogP contribution >= 0.6 is 19.6 Å². The van der Waals surface area contributed by atoms with Crippen LogP contribution in [0.15, 0.2) is 0 Å². The van der Waals surface area contributed by atoms with Crippen molar-refractivity contribution < 1.29 is 28.3 Å². The minimum Gasteiger partial charge on any atom is -0.347 e. The van der Waals surface area contributed by atoms with Crippen LogP contribution in [0.4, 0.5) is 0 Å². The minimum atomic E-state index is -4.55. The molecule has 0 aliphatic carbocycles. The first-order chi connectivity index (χ1) is 14.9. The molecule has 0 radical (unpaired) electrons. The van der Waals surface area contributed by atoms with Gasteiger partial charge in [-0.2, -0.15) is 11.8 Å². The molecule has 2 N–H and O–H groups in total. The fourth-order valence-corrected chi connectivity index (χ4v) is 5.06. The van der Waals surface area contributed by atoms with Crippen molar-refractivity contribution in [2.45, 2.75) is 116 Å². The van der Waals surface area contributed by atoms with Gasteiger partial charge in [-0.05, 0) is 26.0 Å². The Bertz CT molecular complexity index is 426. The number of rotatable bonds is 24. The third-order valence-electron chi connectivity index (χ3n) is 5.23. The smallest absolute Gasteiger partial charge is 0.347 e. The predicted octanol–water partition coefficient (Wildman–Crippen LogP) is 7.08. The van der Waals surface area contributed by atoms with Gasteiger partial charge in [0.05, 0.1) is 5.75 Å². The van der Waals surface area contributed by atoms with E-state index in [9.17, 15) is 4.57 Å². The molecule has 0 aromatic heterocycles. The Balaban J connectivity index is 3.73. The minimum absolute atomic E-state index is 0.273. The summed E-state index contributed by atoms with van der Waals surface area (Å²) < 4.78 is 27.1. The molecule has 0 spiro atoms. The van der Waals surface area contributed by atoms with E-state index in [1.807, 2.05) is 13.8 Å². The molecular weight excluding hydrogens is 435 g/mol. The number of phosphoric ester groups is 1. The Kier molecular flexibility index (Phi) is 21.2. The van der Waals surface area contributed by atoms with E-state index in [4.69, 9.17) is 19.3 Å². The van der Waals surface area contributed by atoms with Gasteiger partial charge in [-0.1, -0.05) is 90.4 Å². The van der Waals surface area contributed by atoms with Gasteiger partial charge < -0.3 is 19.3 Å². The van der Waals surface area contributed by atoms with Crippen molar-refractivity contribution in [3.8, 4) is 0 Å². The van der Waals surface area contributed by atoms with Crippen LogP contribution in [0, 0.1) is 0 Å². The molecule has 0 amide bonds. The first-order valence-corrected chi connectivity index (χ1v) is 15.1. The topological polar surface area (TPSA) is 85.2 Å². The van der Waals surface area contributed by atoms with Crippen molar-refractivity contribution in [2.75, 3.05) is 31.3 Å². The number of unbranched alkanes of at least 4 members (excludes halogenated alkanes) is 13. The van der Waals surface area contributed by atoms with Crippen LogP contribution < -0.4 is 0 Å². The zero-order valence-corrected chi connectivity index (χ0v) is 22.0. The fourth-order valence-electron chi connectivity index (χ4n) is 3.58. The summed E-state index contributed by atoms with van der Waals surface area (Å²) in [6.45, 7) is 6.45. The van der Waals surface area contributed by atoms with Gasteiger partial charge in [0.15, 0.2) is 0 Å². The lowest BCUT2D eigenvalue weighted by molar-refractivity contribution is -0.233. The molecule has 0 heterocycles. The summed E-state index contributed by atoms with van der Waals surface area (Å²) >= 11 is 1.69. The lowest BCUT2D eigenvalue weighted by Gasteiger charge is -2.32. The standard InChI is InChI=1S/C23H49O6PS/c1-4-7-8-9-10-11-12-13-14-15-16-17-18-19-20-31-22-23(27-5-2,28-6-3)21-29-30(24,25)26/h4-22H2,1-3H3,(H2,24,25,26). The van der Waals surface area contributed by atoms with Crippen LogP contribution in [0.3, 0.4) is 0 Å². The van der Waals surface area contributed by atoms with Crippen LogP contribution in [0.2, 0.25) is 0 Å². The molecule has 0 bridgehead atoms. The van der Waals surface area contributed by atoms with E-state index in [1.54, 1.807) is 11.8 Å². The van der Waals surface area contributed by atoms with Gasteiger partial charge in [-0.25, -0.2) is 4.57 Å². The number of hydrogen-bond donors (Lipinski definition) is 2. The summed E-state index contributed by atoms with van der Waals surface area (Å²) in [4.78, 5) is 18.0. The summed E-state index contributed by atoms with van der Waals surface area (Å²) in [6, 6.07) is 0. The monoisotopic (exact) mass is 484 g/mol. The lowest BCUT2D eigenvalue weighted by atomic mass is 10.0. The molecular formula is C23H49O6PS. The molecule has 0 aliphatic rings. The average molecular weight is 485 g/mol. The zero-order valence-electron chi connectivity index (χ0n) is 20.3. The number of hydrogen-bond acceptors (Lipinski definition) is 5. The summed E-state index contributed by atoms with van der Waals surface area (Å²) in [5.41, 5.74) is 0. The zero-order chi connectivity index (χ0) is 23.3. The van der Waals surface area contributed by atoms with E-state index in [1.165, 1.54) is 83.5 Å². The highest BCUT2D eigenvalue weighted by Gasteiger charge is 2.34. The maximum atomic E-state index is 11.1. The van der Waals surface area contributed by atoms with Gasteiger partial charge in [0.25, 0.3) is 0 Å². The third kappa shape index (κ3) is 20.7. The Hall–Kier alpha value is 0.380. The third-order valence-corrected chi connectivity index (χ3v) is 6.92. The fraction of sp³-hybridized carbons (Fsp3) is 1.00. The quantitative estimate of drug-likeness (QED) is 0.0860. The highest BCUT2D eigenvalue weighted by atomic mass is 32.2. The van der Waals surface area contributed by atoms with Crippen LogP contribution in [0.5, 0.6) is 0 Å². The van der Waals surface area contributed by atoms with E-state index in [0.717, 1.165) is 12.2 Å². The normalized spacial score (nSPS) is 12.5. The van der Waals surface area contributed by atoms with Crippen LogP contribution in [-0.2, 0) is 18.6 Å². The lowest BCUT2D eigenvalue weighted by Crippen LogP contribution is -2.43. The van der Waals surface area contributed by atoms with E-state index in [0.29, 0.717) is 19.0 Å². The van der Waals surface area contributed by atoms with E-state index >= 15 is 0 Å². The largest absolute Gasteiger partial charge is 0.469 e. The molecule has 188 valence electrons. The van der Waals surface area contributed by atoms with Crippen molar-refractivity contribution >= 4 is 19.6 Å². The molecule has 0 atom stereocenters. The van der Waals surface area contributed by atoms with Crippen molar-refractivity contribution in [3.05, 3.63) is 0 Å². The second-order valence-corrected chi connectivity index (χ2v) is 10.5. The van der Waals surface area contributed by atoms with Gasteiger partial charge in [0.1, 0.15) is 6.61 Å². The second kappa shape index (κ2) is 20.9. The van der Waals surface area contributed by atoms with E-state index < -0.39 is 13.6 Å². The van der Waals surface area contributed by atoms with Crippen molar-refractivity contribution in [1.82, 2.24) is 0 Å². The number of phosphoric acid groups is 1. The van der Waals surface area contributed by atoms with Crippen molar-refractivity contribution in [1.29, 1.82) is 0 Å². The maximum Gasteiger partial charge on any atom is 0.469 e. The summed E-state index contributed by atoms with van der Waals surface area (Å²) in [6.07, 6.45) is 18.8.